The van der Waals surface area contributed by atoms with Crippen molar-refractivity contribution in [2.45, 2.75) is 25.6 Å². The third kappa shape index (κ3) is 5.82. The van der Waals surface area contributed by atoms with E-state index < -0.39 is 17.6 Å². The van der Waals surface area contributed by atoms with Crippen molar-refractivity contribution in [1.29, 1.82) is 0 Å². The Bertz CT molecular complexity index is 393. The predicted octanol–water partition coefficient (Wildman–Crippen LogP) is 4.08. The molecule has 0 fully saturated rings. The normalized spacial score (nSPS) is 11.8. The van der Waals surface area contributed by atoms with E-state index in [9.17, 15) is 17.6 Å². The van der Waals surface area contributed by atoms with E-state index in [1.54, 1.807) is 11.8 Å². The highest BCUT2D eigenvalue weighted by molar-refractivity contribution is 7.98. The standard InChI is InChI=1S/C13H17F4NS/c1-19-7-3-2-6-18-9-10-4-5-12(14)11(8-10)13(15,16)17/h4-5,8,18H,2-3,6-7,9H2,1H3. The summed E-state index contributed by atoms with van der Waals surface area (Å²) < 4.78 is 50.5. The van der Waals surface area contributed by atoms with Gasteiger partial charge >= 0.3 is 6.18 Å². The topological polar surface area (TPSA) is 12.0 Å². The Balaban J connectivity index is 2.47. The van der Waals surface area contributed by atoms with E-state index in [0.29, 0.717) is 12.1 Å². The van der Waals surface area contributed by atoms with Gasteiger partial charge in [0.05, 0.1) is 5.56 Å². The molecule has 0 amide bonds. The number of alkyl halides is 3. The predicted molar refractivity (Wildman–Crippen MR) is 70.7 cm³/mol. The Morgan fingerprint density at radius 3 is 2.58 bits per heavy atom. The molecule has 0 aliphatic rings. The summed E-state index contributed by atoms with van der Waals surface area (Å²) in [6.45, 7) is 1.07. The molecule has 0 saturated heterocycles. The number of thioether (sulfide) groups is 1. The molecule has 0 atom stereocenters. The van der Waals surface area contributed by atoms with Crippen LogP contribution in [-0.4, -0.2) is 18.6 Å². The number of hydrogen-bond donors (Lipinski definition) is 1. The minimum absolute atomic E-state index is 0.322. The lowest BCUT2D eigenvalue weighted by Crippen LogP contribution is -2.16. The zero-order valence-corrected chi connectivity index (χ0v) is 11.5. The van der Waals surface area contributed by atoms with Gasteiger partial charge in [-0.2, -0.15) is 24.9 Å². The average Bonchev–Trinajstić information content (AvgIpc) is 2.34. The first kappa shape index (κ1) is 16.3. The first-order chi connectivity index (χ1) is 8.95. The van der Waals surface area contributed by atoms with E-state index in [1.807, 2.05) is 6.26 Å². The van der Waals surface area contributed by atoms with Gasteiger partial charge in [0.2, 0.25) is 0 Å². The fourth-order valence-electron chi connectivity index (χ4n) is 1.63. The van der Waals surface area contributed by atoms with Crippen molar-refractivity contribution >= 4 is 11.8 Å². The van der Waals surface area contributed by atoms with Crippen LogP contribution in [0.5, 0.6) is 0 Å². The van der Waals surface area contributed by atoms with Crippen LogP contribution in [-0.2, 0) is 12.7 Å². The zero-order chi connectivity index (χ0) is 14.3. The molecule has 0 bridgehead atoms. The summed E-state index contributed by atoms with van der Waals surface area (Å²) in [5.74, 6) is -0.146. The van der Waals surface area contributed by atoms with Crippen LogP contribution < -0.4 is 5.32 Å². The molecular weight excluding hydrogens is 278 g/mol. The molecule has 0 aromatic heterocycles. The molecule has 0 radical (unpaired) electrons. The van der Waals surface area contributed by atoms with Crippen LogP contribution in [0.15, 0.2) is 18.2 Å². The van der Waals surface area contributed by atoms with Crippen LogP contribution in [0, 0.1) is 5.82 Å². The summed E-state index contributed by atoms with van der Waals surface area (Å²) >= 11 is 1.77. The van der Waals surface area contributed by atoms with Gasteiger partial charge in [0, 0.05) is 6.54 Å². The largest absolute Gasteiger partial charge is 0.419 e. The molecule has 0 heterocycles. The molecule has 1 aromatic rings. The number of halogens is 4. The van der Waals surface area contributed by atoms with Crippen molar-refractivity contribution in [2.75, 3.05) is 18.6 Å². The minimum atomic E-state index is -4.64. The third-order valence-electron chi connectivity index (χ3n) is 2.62. The maximum Gasteiger partial charge on any atom is 0.419 e. The Morgan fingerprint density at radius 2 is 1.95 bits per heavy atom. The summed E-state index contributed by atoms with van der Waals surface area (Å²) in [5, 5.41) is 3.06. The van der Waals surface area contributed by atoms with Crippen LogP contribution in [0.25, 0.3) is 0 Å². The zero-order valence-electron chi connectivity index (χ0n) is 10.7. The summed E-state index contributed by atoms with van der Waals surface area (Å²) in [6.07, 6.45) is -0.553. The second-order valence-electron chi connectivity index (χ2n) is 4.19. The van der Waals surface area contributed by atoms with Crippen molar-refractivity contribution in [3.63, 3.8) is 0 Å². The van der Waals surface area contributed by atoms with E-state index in [0.717, 1.165) is 37.3 Å². The Kier molecular flexibility index (Phi) is 6.65. The second-order valence-corrected chi connectivity index (χ2v) is 5.17. The quantitative estimate of drug-likeness (QED) is 0.601. The van der Waals surface area contributed by atoms with Crippen LogP contribution in [0.2, 0.25) is 0 Å². The SMILES string of the molecule is CSCCCCNCc1ccc(F)c(C(F)(F)F)c1. The lowest BCUT2D eigenvalue weighted by Gasteiger charge is -2.10. The van der Waals surface area contributed by atoms with Crippen LogP contribution in [0.4, 0.5) is 17.6 Å². The molecule has 6 heteroatoms. The first-order valence-corrected chi connectivity index (χ1v) is 7.40. The number of rotatable bonds is 7. The molecule has 1 rings (SSSR count). The maximum absolute atomic E-state index is 13.1. The van der Waals surface area contributed by atoms with Crippen molar-refractivity contribution in [2.24, 2.45) is 0 Å². The van der Waals surface area contributed by atoms with Gasteiger partial charge < -0.3 is 5.32 Å². The molecule has 1 aromatic carbocycles. The smallest absolute Gasteiger partial charge is 0.313 e. The summed E-state index contributed by atoms with van der Waals surface area (Å²) in [5.41, 5.74) is -0.757. The molecule has 0 spiro atoms. The number of nitrogens with one attached hydrogen (secondary N) is 1. The monoisotopic (exact) mass is 295 g/mol. The molecule has 1 nitrogen and oxygen atoms in total. The molecule has 0 unspecified atom stereocenters. The average molecular weight is 295 g/mol. The molecular formula is C13H17F4NS. The molecule has 0 saturated carbocycles. The van der Waals surface area contributed by atoms with Crippen molar-refractivity contribution in [3.8, 4) is 0 Å². The first-order valence-electron chi connectivity index (χ1n) is 6.00. The van der Waals surface area contributed by atoms with Gasteiger partial charge in [-0.3, -0.25) is 0 Å². The van der Waals surface area contributed by atoms with E-state index in [4.69, 9.17) is 0 Å². The highest BCUT2D eigenvalue weighted by Crippen LogP contribution is 2.31. The molecule has 1 N–H and O–H groups in total. The molecule has 108 valence electrons. The number of hydrogen-bond acceptors (Lipinski definition) is 2. The van der Waals surface area contributed by atoms with Gasteiger partial charge in [0.1, 0.15) is 5.82 Å². The van der Waals surface area contributed by atoms with E-state index in [1.165, 1.54) is 6.07 Å². The Morgan fingerprint density at radius 1 is 1.21 bits per heavy atom. The highest BCUT2D eigenvalue weighted by Gasteiger charge is 2.34. The molecule has 19 heavy (non-hydrogen) atoms. The summed E-state index contributed by atoms with van der Waals surface area (Å²) in [6, 6.07) is 3.11. The highest BCUT2D eigenvalue weighted by atomic mass is 32.2. The van der Waals surface area contributed by atoms with Crippen LogP contribution >= 0.6 is 11.8 Å². The van der Waals surface area contributed by atoms with Crippen LogP contribution in [0.1, 0.15) is 24.0 Å². The van der Waals surface area contributed by atoms with Gasteiger partial charge in [-0.05, 0) is 49.1 Å². The van der Waals surface area contributed by atoms with Crippen molar-refractivity contribution in [3.05, 3.63) is 35.1 Å². The van der Waals surface area contributed by atoms with E-state index in [-0.39, 0.29) is 0 Å². The van der Waals surface area contributed by atoms with Gasteiger partial charge in [0.15, 0.2) is 0 Å². The third-order valence-corrected chi connectivity index (χ3v) is 3.31. The molecule has 0 aliphatic heterocycles. The maximum atomic E-state index is 13.1. The van der Waals surface area contributed by atoms with Gasteiger partial charge in [-0.25, -0.2) is 4.39 Å². The Hall–Kier alpha value is -0.750. The number of benzene rings is 1. The van der Waals surface area contributed by atoms with Crippen molar-refractivity contribution in [1.82, 2.24) is 5.32 Å². The number of unbranched alkanes of at least 4 members (excludes halogenated alkanes) is 1. The Labute approximate surface area is 114 Å². The van der Waals surface area contributed by atoms with E-state index >= 15 is 0 Å². The summed E-state index contributed by atoms with van der Waals surface area (Å²) in [4.78, 5) is 0. The van der Waals surface area contributed by atoms with Crippen LogP contribution in [0.3, 0.4) is 0 Å². The van der Waals surface area contributed by atoms with Crippen molar-refractivity contribution < 1.29 is 17.6 Å². The van der Waals surface area contributed by atoms with E-state index in [2.05, 4.69) is 5.32 Å². The van der Waals surface area contributed by atoms with Gasteiger partial charge in [0.25, 0.3) is 0 Å². The summed E-state index contributed by atoms with van der Waals surface area (Å²) in [7, 11) is 0. The molecule has 0 aliphatic carbocycles. The lowest BCUT2D eigenvalue weighted by atomic mass is 10.1. The van der Waals surface area contributed by atoms with Gasteiger partial charge in [-0.15, -0.1) is 0 Å². The lowest BCUT2D eigenvalue weighted by molar-refractivity contribution is -0.140. The fraction of sp³-hybridized carbons (Fsp3) is 0.538. The minimum Gasteiger partial charge on any atom is -0.313 e. The second kappa shape index (κ2) is 7.75. The van der Waals surface area contributed by atoms with Gasteiger partial charge in [-0.1, -0.05) is 6.07 Å². The fourth-order valence-corrected chi connectivity index (χ4v) is 2.12.